The van der Waals surface area contributed by atoms with Gasteiger partial charge in [-0.25, -0.2) is 0 Å². The second-order valence-corrected chi connectivity index (χ2v) is 2.36. The Balaban J connectivity index is 2.40. The predicted octanol–water partition coefficient (Wildman–Crippen LogP) is 2.05. The van der Waals surface area contributed by atoms with Crippen molar-refractivity contribution in [2.45, 2.75) is 6.42 Å². The Morgan fingerprint density at radius 2 is 2.38 bits per heavy atom. The summed E-state index contributed by atoms with van der Waals surface area (Å²) in [5, 5.41) is 0. The summed E-state index contributed by atoms with van der Waals surface area (Å²) in [6, 6.07) is 0. The monoisotopic (exact) mass is 126 g/mol. The van der Waals surface area contributed by atoms with Crippen LogP contribution in [0.3, 0.4) is 0 Å². The first-order valence-corrected chi connectivity index (χ1v) is 3.51. The van der Waals surface area contributed by atoms with Crippen LogP contribution in [0, 0.1) is 5.92 Å². The minimum atomic E-state index is 0.684. The molecule has 0 spiro atoms. The summed E-state index contributed by atoms with van der Waals surface area (Å²) >= 11 is 4.18. The van der Waals surface area contributed by atoms with Gasteiger partial charge in [0.15, 0.2) is 0 Å². The van der Waals surface area contributed by atoms with Crippen LogP contribution in [0.15, 0.2) is 24.3 Å². The fraction of sp³-hybridized carbons (Fsp3) is 0.429. The van der Waals surface area contributed by atoms with E-state index in [0.29, 0.717) is 5.92 Å². The van der Waals surface area contributed by atoms with Gasteiger partial charge in [-0.15, -0.1) is 0 Å². The molecule has 44 valence electrons. The van der Waals surface area contributed by atoms with Gasteiger partial charge in [0.1, 0.15) is 0 Å². The third-order valence-corrected chi connectivity index (χ3v) is 1.77. The van der Waals surface area contributed by atoms with Crippen molar-refractivity contribution >= 4 is 12.6 Å². The maximum atomic E-state index is 4.18. The second-order valence-electron chi connectivity index (χ2n) is 1.99. The molecule has 0 bridgehead atoms. The molecule has 0 saturated carbocycles. The molecule has 1 heteroatoms. The SMILES string of the molecule is SCC1C=CC=CC1. The van der Waals surface area contributed by atoms with Gasteiger partial charge in [-0.2, -0.15) is 12.6 Å². The molecule has 0 aromatic rings. The minimum Gasteiger partial charge on any atom is -0.179 e. The van der Waals surface area contributed by atoms with Crippen molar-refractivity contribution in [3.63, 3.8) is 0 Å². The Hall–Kier alpha value is -0.170. The number of hydrogen-bond acceptors (Lipinski definition) is 1. The first-order valence-electron chi connectivity index (χ1n) is 2.87. The van der Waals surface area contributed by atoms with Gasteiger partial charge in [-0.05, 0) is 18.1 Å². The lowest BCUT2D eigenvalue weighted by Crippen LogP contribution is -1.97. The molecule has 0 aromatic carbocycles. The summed E-state index contributed by atoms with van der Waals surface area (Å²) in [6.45, 7) is 0. The van der Waals surface area contributed by atoms with E-state index in [-0.39, 0.29) is 0 Å². The Morgan fingerprint density at radius 1 is 1.50 bits per heavy atom. The molecule has 0 nitrogen and oxygen atoms in total. The lowest BCUT2D eigenvalue weighted by Gasteiger charge is -2.06. The first-order chi connectivity index (χ1) is 3.93. The third kappa shape index (κ3) is 1.41. The average Bonchev–Trinajstić information content (AvgIpc) is 1.90. The zero-order valence-electron chi connectivity index (χ0n) is 4.75. The largest absolute Gasteiger partial charge is 0.179 e. The molecule has 1 unspecified atom stereocenters. The molecule has 1 rings (SSSR count). The van der Waals surface area contributed by atoms with E-state index in [0.717, 1.165) is 5.75 Å². The van der Waals surface area contributed by atoms with Crippen molar-refractivity contribution in [3.8, 4) is 0 Å². The highest BCUT2D eigenvalue weighted by molar-refractivity contribution is 7.80. The summed E-state index contributed by atoms with van der Waals surface area (Å²) < 4.78 is 0. The molecule has 0 radical (unpaired) electrons. The van der Waals surface area contributed by atoms with Crippen LogP contribution in [0.4, 0.5) is 0 Å². The fourth-order valence-electron chi connectivity index (χ4n) is 0.767. The van der Waals surface area contributed by atoms with E-state index in [1.807, 2.05) is 0 Å². The minimum absolute atomic E-state index is 0.684. The maximum absolute atomic E-state index is 4.18. The van der Waals surface area contributed by atoms with Crippen LogP contribution >= 0.6 is 12.6 Å². The first kappa shape index (κ1) is 5.96. The smallest absolute Gasteiger partial charge is 0.00317 e. The lowest BCUT2D eigenvalue weighted by molar-refractivity contribution is 0.751. The van der Waals surface area contributed by atoms with E-state index in [4.69, 9.17) is 0 Å². The van der Waals surface area contributed by atoms with Crippen LogP contribution in [0.1, 0.15) is 6.42 Å². The van der Waals surface area contributed by atoms with E-state index in [1.54, 1.807) is 0 Å². The maximum Gasteiger partial charge on any atom is -0.00317 e. The van der Waals surface area contributed by atoms with Gasteiger partial charge < -0.3 is 0 Å². The molecule has 0 N–H and O–H groups in total. The molecule has 0 amide bonds. The van der Waals surface area contributed by atoms with E-state index >= 15 is 0 Å². The zero-order chi connectivity index (χ0) is 5.82. The molecule has 0 fully saturated rings. The predicted molar refractivity (Wildman–Crippen MR) is 40.2 cm³/mol. The number of thiol groups is 1. The van der Waals surface area contributed by atoms with Crippen LogP contribution in [-0.2, 0) is 0 Å². The molecule has 1 aliphatic rings. The lowest BCUT2D eigenvalue weighted by atomic mass is 10.0. The van der Waals surface area contributed by atoms with Gasteiger partial charge >= 0.3 is 0 Å². The van der Waals surface area contributed by atoms with Crippen LogP contribution in [0.25, 0.3) is 0 Å². The summed E-state index contributed by atoms with van der Waals surface area (Å²) in [7, 11) is 0. The van der Waals surface area contributed by atoms with Crippen LogP contribution in [0.2, 0.25) is 0 Å². The van der Waals surface area contributed by atoms with Crippen LogP contribution in [0.5, 0.6) is 0 Å². The molecule has 1 atom stereocenters. The standard InChI is InChI=1S/C7H10S/c8-6-7-4-2-1-3-5-7/h1-4,7-8H,5-6H2. The van der Waals surface area contributed by atoms with Crippen molar-refractivity contribution in [3.05, 3.63) is 24.3 Å². The van der Waals surface area contributed by atoms with Gasteiger partial charge in [0.2, 0.25) is 0 Å². The molecule has 1 aliphatic carbocycles. The Labute approximate surface area is 55.7 Å². The molecule has 0 heterocycles. The summed E-state index contributed by atoms with van der Waals surface area (Å²) in [6.07, 6.45) is 9.72. The highest BCUT2D eigenvalue weighted by Crippen LogP contribution is 2.11. The Bertz CT molecular complexity index is 114. The summed E-state index contributed by atoms with van der Waals surface area (Å²) in [4.78, 5) is 0. The number of hydrogen-bond donors (Lipinski definition) is 1. The van der Waals surface area contributed by atoms with E-state index in [9.17, 15) is 0 Å². The van der Waals surface area contributed by atoms with Crippen molar-refractivity contribution in [1.29, 1.82) is 0 Å². The molecular weight excluding hydrogens is 116 g/mol. The van der Waals surface area contributed by atoms with Gasteiger partial charge in [0.05, 0.1) is 0 Å². The highest BCUT2D eigenvalue weighted by Gasteiger charge is 1.99. The Morgan fingerprint density at radius 3 is 2.75 bits per heavy atom. The quantitative estimate of drug-likeness (QED) is 0.511. The zero-order valence-corrected chi connectivity index (χ0v) is 5.64. The van der Waals surface area contributed by atoms with Gasteiger partial charge in [0.25, 0.3) is 0 Å². The molecule has 0 saturated heterocycles. The van der Waals surface area contributed by atoms with Crippen molar-refractivity contribution < 1.29 is 0 Å². The van der Waals surface area contributed by atoms with Crippen LogP contribution < -0.4 is 0 Å². The van der Waals surface area contributed by atoms with Gasteiger partial charge in [0, 0.05) is 0 Å². The average molecular weight is 126 g/mol. The topological polar surface area (TPSA) is 0 Å². The van der Waals surface area contributed by atoms with E-state index in [1.165, 1.54) is 6.42 Å². The third-order valence-electron chi connectivity index (χ3n) is 1.30. The fourth-order valence-corrected chi connectivity index (χ4v) is 1.04. The van der Waals surface area contributed by atoms with Gasteiger partial charge in [-0.3, -0.25) is 0 Å². The highest BCUT2D eigenvalue weighted by atomic mass is 32.1. The van der Waals surface area contributed by atoms with Crippen molar-refractivity contribution in [2.75, 3.05) is 5.75 Å². The molecular formula is C7H10S. The van der Waals surface area contributed by atoms with Crippen LogP contribution in [-0.4, -0.2) is 5.75 Å². The van der Waals surface area contributed by atoms with Crippen molar-refractivity contribution in [2.24, 2.45) is 5.92 Å². The summed E-state index contributed by atoms with van der Waals surface area (Å²) in [5.74, 6) is 1.66. The van der Waals surface area contributed by atoms with Gasteiger partial charge in [-0.1, -0.05) is 24.3 Å². The molecule has 0 aromatic heterocycles. The van der Waals surface area contributed by atoms with E-state index < -0.39 is 0 Å². The summed E-state index contributed by atoms with van der Waals surface area (Å²) in [5.41, 5.74) is 0. The molecule has 8 heavy (non-hydrogen) atoms. The normalized spacial score (nSPS) is 26.4. The number of rotatable bonds is 1. The molecule has 0 aliphatic heterocycles. The second kappa shape index (κ2) is 2.98. The van der Waals surface area contributed by atoms with E-state index in [2.05, 4.69) is 36.9 Å². The number of allylic oxidation sites excluding steroid dienone is 4. The Kier molecular flexibility index (Phi) is 2.22. The van der Waals surface area contributed by atoms with Crippen molar-refractivity contribution in [1.82, 2.24) is 0 Å².